The fraction of sp³-hybridized carbons (Fsp3) is 0.137. The number of benzene rings is 5. The number of hydrogen-bond donors (Lipinski definition) is 1. The first kappa shape index (κ1) is 33.2. The molecule has 5 aliphatic rings. The minimum atomic E-state index is -0.185. The molecular weight excluding hydrogens is 733 g/mol. The van der Waals surface area contributed by atoms with Gasteiger partial charge in [-0.15, -0.1) is 23.1 Å². The van der Waals surface area contributed by atoms with Crippen LogP contribution < -0.4 is 15.1 Å². The molecule has 0 fully saturated rings. The second kappa shape index (κ2) is 13.3. The van der Waals surface area contributed by atoms with E-state index in [-0.39, 0.29) is 12.1 Å². The van der Waals surface area contributed by atoms with Gasteiger partial charge in [-0.3, -0.25) is 0 Å². The second-order valence-electron chi connectivity index (χ2n) is 15.5. The fourth-order valence-corrected chi connectivity index (χ4v) is 11.8. The number of para-hydroxylation sites is 2. The molecule has 12 rings (SSSR count). The number of nitrogens with zero attached hydrogens (tertiary/aromatic N) is 3. The molecule has 6 heteroatoms. The summed E-state index contributed by atoms with van der Waals surface area (Å²) in [6.45, 7) is 0. The molecule has 7 aromatic rings. The van der Waals surface area contributed by atoms with Crippen molar-refractivity contribution in [2.24, 2.45) is 15.9 Å². The minimum absolute atomic E-state index is 0.185. The predicted molar refractivity (Wildman–Crippen MR) is 243 cm³/mol. The summed E-state index contributed by atoms with van der Waals surface area (Å²) in [4.78, 5) is 11.8. The Balaban J connectivity index is 0.864. The highest BCUT2D eigenvalue weighted by Gasteiger charge is 2.31. The third-order valence-corrected chi connectivity index (χ3v) is 14.6. The number of aromatic nitrogens is 1. The lowest BCUT2D eigenvalue weighted by atomic mass is 9.90. The van der Waals surface area contributed by atoms with Gasteiger partial charge in [0.15, 0.2) is 6.17 Å². The van der Waals surface area contributed by atoms with E-state index in [1.165, 1.54) is 74.5 Å². The Morgan fingerprint density at radius 2 is 1.47 bits per heavy atom. The number of thiophene rings is 1. The van der Waals surface area contributed by atoms with Gasteiger partial charge in [0.05, 0.1) is 11.0 Å². The summed E-state index contributed by atoms with van der Waals surface area (Å²) < 4.78 is 5.09. The van der Waals surface area contributed by atoms with Gasteiger partial charge < -0.3 is 9.88 Å². The molecule has 0 spiro atoms. The van der Waals surface area contributed by atoms with Crippen LogP contribution in [0.1, 0.15) is 42.4 Å². The molecule has 0 bridgehead atoms. The minimum Gasteiger partial charge on any atom is -0.324 e. The van der Waals surface area contributed by atoms with Crippen LogP contribution in [0.5, 0.6) is 0 Å². The third-order valence-electron chi connectivity index (χ3n) is 12.1. The average Bonchev–Trinajstić information content (AvgIpc) is 3.95. The summed E-state index contributed by atoms with van der Waals surface area (Å²) in [7, 11) is 0. The number of thioether (sulfide) groups is 1. The summed E-state index contributed by atoms with van der Waals surface area (Å²) in [5.41, 5.74) is 11.4. The molecule has 5 aromatic carbocycles. The molecular formula is C51H38N4S2. The van der Waals surface area contributed by atoms with Crippen molar-refractivity contribution in [3.05, 3.63) is 178 Å². The van der Waals surface area contributed by atoms with Crippen LogP contribution in [0, 0.1) is 5.92 Å². The Hall–Kier alpha value is -5.95. The number of amidine groups is 2. The number of nitrogens with one attached hydrogen (secondary N) is 1. The molecule has 3 atom stereocenters. The van der Waals surface area contributed by atoms with Gasteiger partial charge >= 0.3 is 0 Å². The summed E-state index contributed by atoms with van der Waals surface area (Å²) >= 11 is 3.91. The topological polar surface area (TPSA) is 41.7 Å². The van der Waals surface area contributed by atoms with E-state index in [0.29, 0.717) is 5.25 Å². The fourth-order valence-electron chi connectivity index (χ4n) is 9.30. The average molecular weight is 771 g/mol. The van der Waals surface area contributed by atoms with Crippen molar-refractivity contribution >= 4 is 90.0 Å². The van der Waals surface area contributed by atoms with Gasteiger partial charge in [-0.05, 0) is 95.6 Å². The zero-order valence-electron chi connectivity index (χ0n) is 31.2. The summed E-state index contributed by atoms with van der Waals surface area (Å²) in [6.07, 6.45) is 20.4. The zero-order chi connectivity index (χ0) is 37.5. The first-order valence-corrected chi connectivity index (χ1v) is 21.7. The molecule has 1 N–H and O–H groups in total. The van der Waals surface area contributed by atoms with Crippen molar-refractivity contribution < 1.29 is 0 Å². The number of rotatable bonds is 5. The lowest BCUT2D eigenvalue weighted by Gasteiger charge is -2.27. The molecule has 2 aromatic heterocycles. The molecule has 3 unspecified atom stereocenters. The van der Waals surface area contributed by atoms with E-state index in [9.17, 15) is 0 Å². The molecule has 0 radical (unpaired) electrons. The smallest absolute Gasteiger partial charge is 0.150 e. The molecule has 57 heavy (non-hydrogen) atoms. The van der Waals surface area contributed by atoms with Crippen LogP contribution >= 0.6 is 23.1 Å². The quantitative estimate of drug-likeness (QED) is 0.189. The van der Waals surface area contributed by atoms with Gasteiger partial charge in [-0.1, -0.05) is 115 Å². The van der Waals surface area contributed by atoms with Crippen LogP contribution in [-0.4, -0.2) is 27.7 Å². The zero-order valence-corrected chi connectivity index (χ0v) is 32.9. The summed E-state index contributed by atoms with van der Waals surface area (Å²) in [5.74, 6) is 2.01. The number of aliphatic imine (C=N–C) groups is 2. The van der Waals surface area contributed by atoms with E-state index < -0.39 is 0 Å². The summed E-state index contributed by atoms with van der Waals surface area (Å²) in [5, 5.41) is 9.32. The van der Waals surface area contributed by atoms with Crippen molar-refractivity contribution in [3.63, 3.8) is 0 Å². The Kier molecular flexibility index (Phi) is 7.77. The van der Waals surface area contributed by atoms with Crippen molar-refractivity contribution in [2.75, 3.05) is 0 Å². The van der Waals surface area contributed by atoms with Gasteiger partial charge in [-0.2, -0.15) is 0 Å². The van der Waals surface area contributed by atoms with Gasteiger partial charge in [-0.25, -0.2) is 9.98 Å². The predicted octanol–water partition coefficient (Wildman–Crippen LogP) is 11.0. The lowest BCUT2D eigenvalue weighted by Crippen LogP contribution is -2.40. The molecule has 0 amide bonds. The largest absolute Gasteiger partial charge is 0.324 e. The SMILES string of the molecule is C1=CC(C2=NC(C3C=c4sc5ccc(C6=CCC7Sc8cc(-n9c%10ccccc%10c%10ccccc%109)ccc8C7=C6)cc5c4=CC3)N=C(c3ccccc3)N2)=CCC1. The van der Waals surface area contributed by atoms with Gasteiger partial charge in [0.25, 0.3) is 0 Å². The highest BCUT2D eigenvalue weighted by atomic mass is 32.2. The second-order valence-corrected chi connectivity index (χ2v) is 17.8. The van der Waals surface area contributed by atoms with Crippen molar-refractivity contribution in [2.45, 2.75) is 42.0 Å². The molecule has 4 nitrogen and oxygen atoms in total. The lowest BCUT2D eigenvalue weighted by molar-refractivity contribution is 0.550. The van der Waals surface area contributed by atoms with E-state index in [1.54, 1.807) is 0 Å². The normalized spacial score (nSPS) is 21.0. The Labute approximate surface area is 339 Å². The van der Waals surface area contributed by atoms with E-state index in [0.717, 1.165) is 48.5 Å². The molecule has 0 saturated carbocycles. The van der Waals surface area contributed by atoms with Gasteiger partial charge in [0.1, 0.15) is 11.7 Å². The maximum absolute atomic E-state index is 5.23. The monoisotopic (exact) mass is 770 g/mol. The van der Waals surface area contributed by atoms with Crippen LogP contribution in [0.3, 0.4) is 0 Å². The molecule has 0 saturated heterocycles. The van der Waals surface area contributed by atoms with Crippen LogP contribution in [0.15, 0.2) is 166 Å². The Morgan fingerprint density at radius 3 is 2.30 bits per heavy atom. The van der Waals surface area contributed by atoms with Crippen LogP contribution in [-0.2, 0) is 0 Å². The maximum Gasteiger partial charge on any atom is 0.150 e. The van der Waals surface area contributed by atoms with Crippen LogP contribution in [0.4, 0.5) is 0 Å². The van der Waals surface area contributed by atoms with E-state index in [2.05, 4.69) is 168 Å². The number of fused-ring (bicyclic) bond motifs is 9. The van der Waals surface area contributed by atoms with Crippen molar-refractivity contribution in [1.29, 1.82) is 0 Å². The highest BCUT2D eigenvalue weighted by Crippen LogP contribution is 2.50. The first-order valence-electron chi connectivity index (χ1n) is 20.0. The van der Waals surface area contributed by atoms with Crippen LogP contribution in [0.25, 0.3) is 60.9 Å². The van der Waals surface area contributed by atoms with E-state index in [4.69, 9.17) is 9.98 Å². The maximum atomic E-state index is 5.23. The molecule has 3 aliphatic carbocycles. The molecule has 274 valence electrons. The van der Waals surface area contributed by atoms with Gasteiger partial charge in [0, 0.05) is 58.3 Å². The third kappa shape index (κ3) is 5.57. The summed E-state index contributed by atoms with van der Waals surface area (Å²) in [6, 6.07) is 42.2. The van der Waals surface area contributed by atoms with E-state index in [1.807, 2.05) is 23.1 Å². The van der Waals surface area contributed by atoms with Crippen LogP contribution in [0.2, 0.25) is 0 Å². The van der Waals surface area contributed by atoms with Crippen molar-refractivity contribution in [1.82, 2.24) is 9.88 Å². The van der Waals surface area contributed by atoms with Crippen molar-refractivity contribution in [3.8, 4) is 5.69 Å². The number of hydrogen-bond acceptors (Lipinski definition) is 5. The van der Waals surface area contributed by atoms with E-state index >= 15 is 0 Å². The standard InChI is InChI=1S/C51H38N4S2/c1-3-11-31(12-4-1)49-52-50(32-13-5-2-6-14-32)54-51(53-49)35-19-23-39-41-27-33(20-25-45(41)56-47(39)29-35)34-21-26-46-42(28-34)40-24-22-36(30-48(40)57-46)55-43-17-9-7-15-37(43)38-16-8-10-18-44(38)55/h1,3-5,7-18,20-25,27-30,35,46,51H,2,6,19,26H2,(H,52,53,54). The Morgan fingerprint density at radius 1 is 0.667 bits per heavy atom. The Bertz CT molecular complexity index is 3100. The first-order chi connectivity index (χ1) is 28.2. The molecule has 2 aliphatic heterocycles. The number of allylic oxidation sites excluding steroid dienone is 5. The van der Waals surface area contributed by atoms with Gasteiger partial charge in [0.2, 0.25) is 0 Å². The molecule has 4 heterocycles. The highest BCUT2D eigenvalue weighted by molar-refractivity contribution is 8.00.